The third-order valence-corrected chi connectivity index (χ3v) is 3.48. The fraction of sp³-hybridized carbons (Fsp3) is 0.467. The fourth-order valence-corrected chi connectivity index (χ4v) is 2.13. The van der Waals surface area contributed by atoms with Crippen LogP contribution in [0, 0.1) is 19.8 Å². The zero-order chi connectivity index (χ0) is 14.0. The molecule has 4 heteroatoms. The first-order valence-electron chi connectivity index (χ1n) is 6.56. The number of hydrogen-bond acceptors (Lipinski definition) is 2. The van der Waals surface area contributed by atoms with E-state index in [9.17, 15) is 14.7 Å². The summed E-state index contributed by atoms with van der Waals surface area (Å²) < 4.78 is 0. The van der Waals surface area contributed by atoms with E-state index in [0.29, 0.717) is 6.42 Å². The Hall–Kier alpha value is -1.84. The summed E-state index contributed by atoms with van der Waals surface area (Å²) in [6, 6.07) is 5.08. The Morgan fingerprint density at radius 1 is 1.37 bits per heavy atom. The van der Waals surface area contributed by atoms with Crippen molar-refractivity contribution < 1.29 is 14.7 Å². The molecular formula is C15H19NO3. The van der Waals surface area contributed by atoms with Gasteiger partial charge in [-0.15, -0.1) is 0 Å². The van der Waals surface area contributed by atoms with Gasteiger partial charge in [-0.3, -0.25) is 4.79 Å². The molecule has 0 spiro atoms. The van der Waals surface area contributed by atoms with Gasteiger partial charge in [0.25, 0.3) is 0 Å². The Kier molecular flexibility index (Phi) is 3.88. The van der Waals surface area contributed by atoms with E-state index in [1.165, 1.54) is 0 Å². The number of carboxylic acid groups (broad SMARTS) is 1. The Morgan fingerprint density at radius 3 is 2.58 bits per heavy atom. The van der Waals surface area contributed by atoms with Crippen molar-refractivity contribution in [3.63, 3.8) is 0 Å². The van der Waals surface area contributed by atoms with Crippen molar-refractivity contribution in [3.8, 4) is 0 Å². The maximum Gasteiger partial charge on any atom is 0.326 e. The van der Waals surface area contributed by atoms with Gasteiger partial charge >= 0.3 is 5.97 Å². The normalized spacial score (nSPS) is 15.9. The van der Waals surface area contributed by atoms with E-state index in [1.807, 2.05) is 32.0 Å². The lowest BCUT2D eigenvalue weighted by Crippen LogP contribution is -2.43. The molecule has 1 aromatic rings. The van der Waals surface area contributed by atoms with E-state index in [-0.39, 0.29) is 11.8 Å². The minimum atomic E-state index is -0.978. The van der Waals surface area contributed by atoms with Gasteiger partial charge in [-0.25, -0.2) is 4.79 Å². The quantitative estimate of drug-likeness (QED) is 0.849. The van der Waals surface area contributed by atoms with Crippen LogP contribution in [0.15, 0.2) is 18.2 Å². The van der Waals surface area contributed by atoms with Crippen LogP contribution in [-0.4, -0.2) is 23.0 Å². The SMILES string of the molecule is Cc1ccc(CC(NC(=O)C2CC2)C(=O)O)c(C)c1. The average molecular weight is 261 g/mol. The zero-order valence-electron chi connectivity index (χ0n) is 11.3. The molecule has 0 heterocycles. The van der Waals surface area contributed by atoms with E-state index >= 15 is 0 Å². The minimum absolute atomic E-state index is 0.0287. The van der Waals surface area contributed by atoms with E-state index in [2.05, 4.69) is 5.32 Å². The number of carboxylic acids is 1. The van der Waals surface area contributed by atoms with Crippen LogP contribution in [0.3, 0.4) is 0 Å². The first-order valence-corrected chi connectivity index (χ1v) is 6.56. The largest absolute Gasteiger partial charge is 0.480 e. The number of hydrogen-bond donors (Lipinski definition) is 2. The van der Waals surface area contributed by atoms with E-state index in [1.54, 1.807) is 0 Å². The molecule has 0 saturated heterocycles. The second-order valence-electron chi connectivity index (χ2n) is 5.31. The molecule has 1 aliphatic rings. The summed E-state index contributed by atoms with van der Waals surface area (Å²) in [7, 11) is 0. The number of aliphatic carboxylic acids is 1. The van der Waals surface area contributed by atoms with Gasteiger partial charge in [-0.1, -0.05) is 23.8 Å². The number of amides is 1. The zero-order valence-corrected chi connectivity index (χ0v) is 11.3. The molecule has 1 aliphatic carbocycles. The van der Waals surface area contributed by atoms with Crippen LogP contribution in [-0.2, 0) is 16.0 Å². The van der Waals surface area contributed by atoms with Crippen molar-refractivity contribution >= 4 is 11.9 Å². The van der Waals surface area contributed by atoms with Crippen LogP contribution in [0.4, 0.5) is 0 Å². The fourth-order valence-electron chi connectivity index (χ4n) is 2.13. The van der Waals surface area contributed by atoms with Crippen LogP contribution in [0.2, 0.25) is 0 Å². The van der Waals surface area contributed by atoms with E-state index in [4.69, 9.17) is 0 Å². The molecule has 0 bridgehead atoms. The van der Waals surface area contributed by atoms with Gasteiger partial charge in [0, 0.05) is 12.3 Å². The van der Waals surface area contributed by atoms with Crippen LogP contribution >= 0.6 is 0 Å². The third-order valence-electron chi connectivity index (χ3n) is 3.48. The molecule has 4 nitrogen and oxygen atoms in total. The van der Waals surface area contributed by atoms with Gasteiger partial charge in [-0.05, 0) is 37.8 Å². The third kappa shape index (κ3) is 3.56. The summed E-state index contributed by atoms with van der Waals surface area (Å²) in [6.07, 6.45) is 2.09. The second-order valence-corrected chi connectivity index (χ2v) is 5.31. The molecule has 0 aromatic heterocycles. The number of nitrogens with one attached hydrogen (secondary N) is 1. The first-order chi connectivity index (χ1) is 8.97. The summed E-state index contributed by atoms with van der Waals surface area (Å²) in [5.74, 6) is -1.08. The van der Waals surface area contributed by atoms with Crippen LogP contribution < -0.4 is 5.32 Å². The number of carbonyl (C=O) groups excluding carboxylic acids is 1. The van der Waals surface area contributed by atoms with Crippen molar-refractivity contribution in [3.05, 3.63) is 34.9 Å². The van der Waals surface area contributed by atoms with Gasteiger partial charge < -0.3 is 10.4 Å². The molecule has 1 atom stereocenters. The summed E-state index contributed by atoms with van der Waals surface area (Å²) in [4.78, 5) is 22.9. The van der Waals surface area contributed by atoms with Gasteiger partial charge in [0.15, 0.2) is 0 Å². The number of benzene rings is 1. The maximum absolute atomic E-state index is 11.7. The first kappa shape index (κ1) is 13.6. The minimum Gasteiger partial charge on any atom is -0.480 e. The molecule has 1 amide bonds. The van der Waals surface area contributed by atoms with Gasteiger partial charge in [0.05, 0.1) is 0 Å². The summed E-state index contributed by atoms with van der Waals surface area (Å²) in [6.45, 7) is 3.96. The molecule has 102 valence electrons. The lowest BCUT2D eigenvalue weighted by atomic mass is 9.99. The lowest BCUT2D eigenvalue weighted by Gasteiger charge is -2.16. The average Bonchev–Trinajstić information content (AvgIpc) is 3.15. The molecule has 1 fully saturated rings. The van der Waals surface area contributed by atoms with Gasteiger partial charge in [0.1, 0.15) is 6.04 Å². The Balaban J connectivity index is 2.07. The summed E-state index contributed by atoms with van der Waals surface area (Å²) in [5, 5.41) is 11.8. The molecule has 19 heavy (non-hydrogen) atoms. The Labute approximate surface area is 112 Å². The maximum atomic E-state index is 11.7. The highest BCUT2D eigenvalue weighted by Crippen LogP contribution is 2.29. The predicted octanol–water partition coefficient (Wildman–Crippen LogP) is 1.83. The molecular weight excluding hydrogens is 242 g/mol. The standard InChI is InChI=1S/C15H19NO3/c1-9-3-4-12(10(2)7-9)8-13(15(18)19)16-14(17)11-5-6-11/h3-4,7,11,13H,5-6,8H2,1-2H3,(H,16,17)(H,18,19). The second kappa shape index (κ2) is 5.43. The number of carbonyl (C=O) groups is 2. The highest BCUT2D eigenvalue weighted by atomic mass is 16.4. The highest BCUT2D eigenvalue weighted by molar-refractivity contribution is 5.86. The molecule has 1 aromatic carbocycles. The smallest absolute Gasteiger partial charge is 0.326 e. The Morgan fingerprint density at radius 2 is 2.05 bits per heavy atom. The molecule has 1 saturated carbocycles. The summed E-state index contributed by atoms with van der Waals surface area (Å²) >= 11 is 0. The topological polar surface area (TPSA) is 66.4 Å². The van der Waals surface area contributed by atoms with Crippen molar-refractivity contribution in [1.29, 1.82) is 0 Å². The molecule has 1 unspecified atom stereocenters. The van der Waals surface area contributed by atoms with Crippen molar-refractivity contribution in [2.45, 2.75) is 39.2 Å². The van der Waals surface area contributed by atoms with Crippen molar-refractivity contribution in [2.75, 3.05) is 0 Å². The number of rotatable bonds is 5. The summed E-state index contributed by atoms with van der Waals surface area (Å²) in [5.41, 5.74) is 3.18. The monoisotopic (exact) mass is 261 g/mol. The van der Waals surface area contributed by atoms with Gasteiger partial charge in [-0.2, -0.15) is 0 Å². The predicted molar refractivity (Wildman–Crippen MR) is 71.9 cm³/mol. The molecule has 0 radical (unpaired) electrons. The highest BCUT2D eigenvalue weighted by Gasteiger charge is 2.32. The van der Waals surface area contributed by atoms with Crippen molar-refractivity contribution in [2.24, 2.45) is 5.92 Å². The lowest BCUT2D eigenvalue weighted by molar-refractivity contribution is -0.142. The van der Waals surface area contributed by atoms with E-state index < -0.39 is 12.0 Å². The van der Waals surface area contributed by atoms with E-state index in [0.717, 1.165) is 29.5 Å². The van der Waals surface area contributed by atoms with Crippen molar-refractivity contribution in [1.82, 2.24) is 5.32 Å². The molecule has 0 aliphatic heterocycles. The Bertz CT molecular complexity index is 506. The number of aryl methyl sites for hydroxylation is 2. The van der Waals surface area contributed by atoms with Gasteiger partial charge in [0.2, 0.25) is 5.91 Å². The van der Waals surface area contributed by atoms with Crippen LogP contribution in [0.25, 0.3) is 0 Å². The van der Waals surface area contributed by atoms with Crippen LogP contribution in [0.5, 0.6) is 0 Å². The molecule has 2 rings (SSSR count). The molecule has 2 N–H and O–H groups in total. The van der Waals surface area contributed by atoms with Crippen LogP contribution in [0.1, 0.15) is 29.5 Å².